The van der Waals surface area contributed by atoms with Crippen molar-refractivity contribution < 1.29 is 23.7 Å². The minimum absolute atomic E-state index is 0. The van der Waals surface area contributed by atoms with E-state index >= 15 is 0 Å². The molecule has 0 amide bonds. The standard InChI is InChI=1S/C18H28O5.3C4H10.Sn/c1-2-11-20-14-6-8-16-17(23-18(14)9-10-19)7-5-13-15(22-16)4-3-12-21-13;3*1-3-4-2;/h2,10-11,13-18H,3-9,12H2,1H3;3*3-4H2,1-2H3;/b11-2-;;;;/t13-,14+,15+,16-,17+,18-;;;;/m1..../s1. The summed E-state index contributed by atoms with van der Waals surface area (Å²) in [4.78, 5) is 11.0. The van der Waals surface area contributed by atoms with E-state index in [0.29, 0.717) is 6.42 Å². The molecular weight excluding hydrogens is 559 g/mol. The van der Waals surface area contributed by atoms with Gasteiger partial charge in [-0.1, -0.05) is 86.1 Å². The normalized spacial score (nSPS) is 29.0. The monoisotopic (exact) mass is 618 g/mol. The molecule has 3 fully saturated rings. The Labute approximate surface area is 240 Å². The van der Waals surface area contributed by atoms with Gasteiger partial charge in [-0.15, -0.1) is 0 Å². The quantitative estimate of drug-likeness (QED) is 0.166. The maximum atomic E-state index is 11.0. The van der Waals surface area contributed by atoms with E-state index in [0.717, 1.165) is 51.4 Å². The third-order valence-corrected chi connectivity index (χ3v) is 6.60. The molecule has 0 aromatic carbocycles. The molecule has 3 aliphatic rings. The molecule has 3 heterocycles. The predicted octanol–water partition coefficient (Wildman–Crippen LogP) is 7.81. The van der Waals surface area contributed by atoms with Crippen LogP contribution in [0.2, 0.25) is 0 Å². The second-order valence-corrected chi connectivity index (χ2v) is 9.68. The summed E-state index contributed by atoms with van der Waals surface area (Å²) in [6, 6.07) is 0. The fraction of sp³-hybridized carbons (Fsp3) is 0.900. The molecule has 36 heavy (non-hydrogen) atoms. The van der Waals surface area contributed by atoms with Crippen molar-refractivity contribution in [1.29, 1.82) is 0 Å². The number of carbonyl (C=O) groups excluding carboxylic acids is 1. The number of aldehydes is 1. The first-order valence-corrected chi connectivity index (χ1v) is 14.7. The molecule has 6 atom stereocenters. The van der Waals surface area contributed by atoms with Crippen molar-refractivity contribution in [1.82, 2.24) is 0 Å². The molecule has 0 aromatic rings. The number of unbranched alkanes of at least 4 members (excludes halogenated alkanes) is 3. The molecule has 0 aromatic heterocycles. The van der Waals surface area contributed by atoms with Crippen molar-refractivity contribution in [3.63, 3.8) is 0 Å². The van der Waals surface area contributed by atoms with Crippen LogP contribution in [0.1, 0.15) is 132 Å². The topological polar surface area (TPSA) is 54.0 Å². The van der Waals surface area contributed by atoms with Crippen LogP contribution in [0, 0.1) is 0 Å². The van der Waals surface area contributed by atoms with Crippen LogP contribution in [0.5, 0.6) is 0 Å². The number of allylic oxidation sites excluding steroid dienone is 1. The second kappa shape index (κ2) is 26.5. The molecule has 3 aliphatic heterocycles. The summed E-state index contributed by atoms with van der Waals surface area (Å²) < 4.78 is 24.3. The predicted molar refractivity (Wildman–Crippen MR) is 153 cm³/mol. The van der Waals surface area contributed by atoms with Gasteiger partial charge in [-0.2, -0.15) is 0 Å². The summed E-state index contributed by atoms with van der Waals surface area (Å²) in [5, 5.41) is 0. The zero-order chi connectivity index (χ0) is 26.3. The van der Waals surface area contributed by atoms with E-state index in [4.69, 9.17) is 18.9 Å². The SMILES string of the molecule is C/C=C\O[C@H]1CC[C@H]2O[C@H]3CCCO[C@@H]3CC[C@@H]2O[C@@H]1CC=O.CCCC.CCCC.CCCC.[Sn]. The summed E-state index contributed by atoms with van der Waals surface area (Å²) in [6.07, 6.45) is 18.8. The Balaban J connectivity index is 0. The molecule has 0 spiro atoms. The van der Waals surface area contributed by atoms with Gasteiger partial charge >= 0.3 is 0 Å². The second-order valence-electron chi connectivity index (χ2n) is 9.68. The number of rotatable bonds is 7. The fourth-order valence-electron chi connectivity index (χ4n) is 3.94. The molecule has 3 saturated heterocycles. The molecule has 0 unspecified atom stereocenters. The average molecular weight is 618 g/mol. The number of hydrogen-bond acceptors (Lipinski definition) is 5. The molecule has 3 rings (SSSR count). The van der Waals surface area contributed by atoms with E-state index in [2.05, 4.69) is 41.5 Å². The van der Waals surface area contributed by atoms with Gasteiger partial charge in [-0.05, 0) is 45.4 Å². The summed E-state index contributed by atoms with van der Waals surface area (Å²) >= 11 is 0. The molecule has 0 bridgehead atoms. The fourth-order valence-corrected chi connectivity index (χ4v) is 3.94. The van der Waals surface area contributed by atoms with Crippen LogP contribution in [0.4, 0.5) is 0 Å². The van der Waals surface area contributed by atoms with Crippen LogP contribution in [0.15, 0.2) is 12.3 Å². The third-order valence-electron chi connectivity index (χ3n) is 6.60. The van der Waals surface area contributed by atoms with Crippen molar-refractivity contribution in [2.45, 2.75) is 169 Å². The van der Waals surface area contributed by atoms with Crippen molar-refractivity contribution in [3.05, 3.63) is 12.3 Å². The largest absolute Gasteiger partial charge is 0.496 e. The summed E-state index contributed by atoms with van der Waals surface area (Å²) in [6.45, 7) is 15.8. The summed E-state index contributed by atoms with van der Waals surface area (Å²) in [5.41, 5.74) is 0. The maximum Gasteiger partial charge on any atom is 0.124 e. The van der Waals surface area contributed by atoms with E-state index in [1.807, 2.05) is 13.0 Å². The van der Waals surface area contributed by atoms with Crippen LogP contribution in [-0.2, 0) is 23.7 Å². The van der Waals surface area contributed by atoms with Gasteiger partial charge in [-0.3, -0.25) is 0 Å². The van der Waals surface area contributed by atoms with E-state index in [1.165, 1.54) is 38.5 Å². The van der Waals surface area contributed by atoms with Crippen molar-refractivity contribution in [2.75, 3.05) is 6.61 Å². The van der Waals surface area contributed by atoms with Gasteiger partial charge in [0.05, 0.1) is 30.7 Å². The van der Waals surface area contributed by atoms with Crippen LogP contribution < -0.4 is 0 Å². The van der Waals surface area contributed by atoms with Crippen LogP contribution in [0.25, 0.3) is 0 Å². The molecule has 0 aliphatic carbocycles. The first kappa shape index (κ1) is 38.0. The number of hydrogen-bond donors (Lipinski definition) is 0. The van der Waals surface area contributed by atoms with E-state index in [9.17, 15) is 4.79 Å². The van der Waals surface area contributed by atoms with Gasteiger partial charge in [0.15, 0.2) is 0 Å². The number of ether oxygens (including phenoxy) is 4. The first-order valence-electron chi connectivity index (χ1n) is 14.7. The summed E-state index contributed by atoms with van der Waals surface area (Å²) in [5.74, 6) is 0. The Bertz CT molecular complexity index is 486. The van der Waals surface area contributed by atoms with Gasteiger partial charge in [0.2, 0.25) is 0 Å². The molecule has 212 valence electrons. The molecule has 0 N–H and O–H groups in total. The zero-order valence-corrected chi connectivity index (χ0v) is 27.5. The van der Waals surface area contributed by atoms with Crippen molar-refractivity contribution >= 4 is 30.2 Å². The number of carbonyl (C=O) groups is 1. The molecule has 0 saturated carbocycles. The third kappa shape index (κ3) is 16.7. The van der Waals surface area contributed by atoms with Crippen LogP contribution >= 0.6 is 0 Å². The van der Waals surface area contributed by atoms with Crippen molar-refractivity contribution in [3.8, 4) is 0 Å². The Morgan fingerprint density at radius 3 is 1.75 bits per heavy atom. The van der Waals surface area contributed by atoms with Crippen LogP contribution in [-0.4, -0.2) is 73.4 Å². The number of fused-ring (bicyclic) bond motifs is 2. The van der Waals surface area contributed by atoms with Gasteiger partial charge < -0.3 is 23.7 Å². The minimum atomic E-state index is -0.191. The average Bonchev–Trinajstić information content (AvgIpc) is 3.17. The zero-order valence-electron chi connectivity index (χ0n) is 24.6. The Kier molecular flexibility index (Phi) is 28.0. The molecule has 5 nitrogen and oxygen atoms in total. The van der Waals surface area contributed by atoms with Crippen molar-refractivity contribution in [2.24, 2.45) is 0 Å². The van der Waals surface area contributed by atoms with E-state index in [1.54, 1.807) is 6.26 Å². The molecule has 6 heteroatoms. The minimum Gasteiger partial charge on any atom is -0.496 e. The molecular formula is C30H58O5Sn. The van der Waals surface area contributed by atoms with Gasteiger partial charge in [0.1, 0.15) is 18.5 Å². The van der Waals surface area contributed by atoms with E-state index in [-0.39, 0.29) is 60.5 Å². The Morgan fingerprint density at radius 1 is 0.722 bits per heavy atom. The van der Waals surface area contributed by atoms with Gasteiger partial charge in [0, 0.05) is 36.9 Å². The van der Waals surface area contributed by atoms with Gasteiger partial charge in [0.25, 0.3) is 0 Å². The first-order chi connectivity index (χ1) is 17.1. The molecule has 4 radical (unpaired) electrons. The Morgan fingerprint density at radius 2 is 1.22 bits per heavy atom. The smallest absolute Gasteiger partial charge is 0.124 e. The summed E-state index contributed by atoms with van der Waals surface area (Å²) in [7, 11) is 0. The van der Waals surface area contributed by atoms with Crippen LogP contribution in [0.3, 0.4) is 0 Å². The Hall–Kier alpha value is -0.111. The maximum absolute atomic E-state index is 11.0. The van der Waals surface area contributed by atoms with E-state index < -0.39 is 0 Å². The van der Waals surface area contributed by atoms with Gasteiger partial charge in [-0.25, -0.2) is 0 Å².